The molecule has 112 valence electrons. The van der Waals surface area contributed by atoms with Crippen LogP contribution in [0.2, 0.25) is 0 Å². The first-order valence-electron chi connectivity index (χ1n) is 6.89. The quantitative estimate of drug-likeness (QED) is 0.839. The fourth-order valence-electron chi connectivity index (χ4n) is 2.45. The van der Waals surface area contributed by atoms with Crippen LogP contribution < -0.4 is 5.73 Å². The number of benzene rings is 1. The molecule has 0 aliphatic carbocycles. The molecular weight excluding hydrogens is 276 g/mol. The number of ether oxygens (including phenoxy) is 1. The van der Waals surface area contributed by atoms with Gasteiger partial charge in [0, 0.05) is 25.4 Å². The van der Waals surface area contributed by atoms with Gasteiger partial charge in [0.2, 0.25) is 10.0 Å². The lowest BCUT2D eigenvalue weighted by Gasteiger charge is -2.24. The lowest BCUT2D eigenvalue weighted by atomic mass is 10.1. The van der Waals surface area contributed by atoms with E-state index >= 15 is 0 Å². The molecule has 1 atom stereocenters. The van der Waals surface area contributed by atoms with Gasteiger partial charge in [-0.3, -0.25) is 0 Å². The summed E-state index contributed by atoms with van der Waals surface area (Å²) in [5.74, 6) is 0.283. The van der Waals surface area contributed by atoms with E-state index in [0.717, 1.165) is 18.6 Å². The van der Waals surface area contributed by atoms with Gasteiger partial charge in [-0.1, -0.05) is 13.0 Å². The zero-order valence-electron chi connectivity index (χ0n) is 12.0. The summed E-state index contributed by atoms with van der Waals surface area (Å²) in [6.45, 7) is 5.97. The predicted molar refractivity (Wildman–Crippen MR) is 79.0 cm³/mol. The zero-order valence-corrected chi connectivity index (χ0v) is 12.8. The highest BCUT2D eigenvalue weighted by Crippen LogP contribution is 2.24. The van der Waals surface area contributed by atoms with Gasteiger partial charge >= 0.3 is 0 Å². The number of aryl methyl sites for hydroxylation is 1. The Bertz CT molecular complexity index is 566. The lowest BCUT2D eigenvalue weighted by Crippen LogP contribution is -2.35. The number of hydrogen-bond acceptors (Lipinski definition) is 4. The molecule has 1 aromatic rings. The summed E-state index contributed by atoms with van der Waals surface area (Å²) in [4.78, 5) is 0.304. The normalized spacial score (nSPS) is 19.6. The van der Waals surface area contributed by atoms with Crippen LogP contribution in [0, 0.1) is 12.8 Å². The molecule has 2 N–H and O–H groups in total. The lowest BCUT2D eigenvalue weighted by molar-refractivity contribution is 0.181. The summed E-state index contributed by atoms with van der Waals surface area (Å²) in [5.41, 5.74) is 6.92. The summed E-state index contributed by atoms with van der Waals surface area (Å²) in [5, 5.41) is 0. The molecule has 1 heterocycles. The maximum absolute atomic E-state index is 12.8. The fraction of sp³-hybridized carbons (Fsp3) is 0.571. The average molecular weight is 298 g/mol. The van der Waals surface area contributed by atoms with Crippen molar-refractivity contribution in [3.05, 3.63) is 23.8 Å². The zero-order chi connectivity index (χ0) is 14.8. The number of nitrogen functional groups attached to an aromatic ring is 1. The molecule has 5 nitrogen and oxygen atoms in total. The molecule has 1 aromatic carbocycles. The molecule has 2 rings (SSSR count). The van der Waals surface area contributed by atoms with Crippen molar-refractivity contribution in [2.45, 2.75) is 25.2 Å². The Morgan fingerprint density at radius 2 is 2.20 bits per heavy atom. The van der Waals surface area contributed by atoms with E-state index in [1.54, 1.807) is 25.1 Å². The van der Waals surface area contributed by atoms with Gasteiger partial charge in [0.15, 0.2) is 0 Å². The molecular formula is C14H22N2O3S. The molecule has 6 heteroatoms. The van der Waals surface area contributed by atoms with Crippen LogP contribution in [0.3, 0.4) is 0 Å². The first kappa shape index (κ1) is 15.3. The SMILES string of the molecule is CCN(CC1CCOC1)S(=O)(=O)c1cc(N)ccc1C. The van der Waals surface area contributed by atoms with Crippen LogP contribution in [-0.2, 0) is 14.8 Å². The Hall–Kier alpha value is -1.11. The van der Waals surface area contributed by atoms with Crippen LogP contribution in [0.5, 0.6) is 0 Å². The third-order valence-electron chi connectivity index (χ3n) is 3.67. The smallest absolute Gasteiger partial charge is 0.243 e. The van der Waals surface area contributed by atoms with Crippen molar-refractivity contribution in [3.63, 3.8) is 0 Å². The topological polar surface area (TPSA) is 72.6 Å². The van der Waals surface area contributed by atoms with Crippen molar-refractivity contribution in [2.24, 2.45) is 5.92 Å². The van der Waals surface area contributed by atoms with Crippen LogP contribution in [0.4, 0.5) is 5.69 Å². The molecule has 0 aromatic heterocycles. The molecule has 1 aliphatic rings. The number of sulfonamides is 1. The molecule has 0 bridgehead atoms. The fourth-order valence-corrected chi connectivity index (χ4v) is 4.23. The van der Waals surface area contributed by atoms with Gasteiger partial charge in [-0.25, -0.2) is 8.42 Å². The maximum Gasteiger partial charge on any atom is 0.243 e. The second kappa shape index (κ2) is 6.11. The third kappa shape index (κ3) is 3.13. The van der Waals surface area contributed by atoms with Gasteiger partial charge in [-0.15, -0.1) is 0 Å². The molecule has 0 amide bonds. The minimum Gasteiger partial charge on any atom is -0.399 e. The minimum absolute atomic E-state index is 0.283. The standard InChI is InChI=1S/C14H22N2O3S/c1-3-16(9-12-6-7-19-10-12)20(17,18)14-8-13(15)5-4-11(14)2/h4-5,8,12H,3,6-7,9-10,15H2,1-2H3. The summed E-state index contributed by atoms with van der Waals surface area (Å²) in [6, 6.07) is 5.00. The van der Waals surface area contributed by atoms with Gasteiger partial charge in [0.05, 0.1) is 11.5 Å². The number of nitrogens with zero attached hydrogens (tertiary/aromatic N) is 1. The summed E-state index contributed by atoms with van der Waals surface area (Å²) in [6.07, 6.45) is 0.919. The Kier molecular flexibility index (Phi) is 4.67. The number of anilines is 1. The highest BCUT2D eigenvalue weighted by atomic mass is 32.2. The van der Waals surface area contributed by atoms with E-state index in [-0.39, 0.29) is 5.92 Å². The van der Waals surface area contributed by atoms with E-state index in [9.17, 15) is 8.42 Å². The van der Waals surface area contributed by atoms with Crippen molar-refractivity contribution in [1.29, 1.82) is 0 Å². The number of nitrogens with two attached hydrogens (primary N) is 1. The Morgan fingerprint density at radius 3 is 2.80 bits per heavy atom. The van der Waals surface area contributed by atoms with Gasteiger partial charge in [-0.05, 0) is 37.0 Å². The maximum atomic E-state index is 12.8. The second-order valence-corrected chi connectivity index (χ2v) is 7.12. The van der Waals surface area contributed by atoms with E-state index < -0.39 is 10.0 Å². The van der Waals surface area contributed by atoms with E-state index in [4.69, 9.17) is 10.5 Å². The van der Waals surface area contributed by atoms with Gasteiger partial charge in [-0.2, -0.15) is 4.31 Å². The molecule has 1 aliphatic heterocycles. The average Bonchev–Trinajstić information content (AvgIpc) is 2.91. The van der Waals surface area contributed by atoms with Crippen LogP contribution in [0.15, 0.2) is 23.1 Å². The van der Waals surface area contributed by atoms with Crippen molar-refractivity contribution in [3.8, 4) is 0 Å². The minimum atomic E-state index is -3.49. The second-order valence-electron chi connectivity index (χ2n) is 5.21. The van der Waals surface area contributed by atoms with E-state index in [1.165, 1.54) is 4.31 Å². The molecule has 0 saturated carbocycles. The van der Waals surface area contributed by atoms with Crippen LogP contribution in [0.1, 0.15) is 18.9 Å². The van der Waals surface area contributed by atoms with E-state index in [0.29, 0.717) is 30.3 Å². The monoisotopic (exact) mass is 298 g/mol. The van der Waals surface area contributed by atoms with Crippen molar-refractivity contribution in [1.82, 2.24) is 4.31 Å². The molecule has 20 heavy (non-hydrogen) atoms. The van der Waals surface area contributed by atoms with Crippen LogP contribution >= 0.6 is 0 Å². The number of rotatable bonds is 5. The van der Waals surface area contributed by atoms with Crippen molar-refractivity contribution >= 4 is 15.7 Å². The van der Waals surface area contributed by atoms with Gasteiger partial charge in [0.1, 0.15) is 0 Å². The largest absolute Gasteiger partial charge is 0.399 e. The summed E-state index contributed by atoms with van der Waals surface area (Å²) in [7, 11) is -3.49. The Labute approximate surface area is 120 Å². The predicted octanol–water partition coefficient (Wildman–Crippen LogP) is 1.62. The van der Waals surface area contributed by atoms with Crippen LogP contribution in [0.25, 0.3) is 0 Å². The highest BCUT2D eigenvalue weighted by Gasteiger charge is 2.28. The molecule has 1 fully saturated rings. The number of hydrogen-bond donors (Lipinski definition) is 1. The molecule has 0 radical (unpaired) electrons. The summed E-state index contributed by atoms with van der Waals surface area (Å²) >= 11 is 0. The van der Waals surface area contributed by atoms with Gasteiger partial charge in [0.25, 0.3) is 0 Å². The Morgan fingerprint density at radius 1 is 1.45 bits per heavy atom. The van der Waals surface area contributed by atoms with Crippen molar-refractivity contribution < 1.29 is 13.2 Å². The molecule has 1 unspecified atom stereocenters. The highest BCUT2D eigenvalue weighted by molar-refractivity contribution is 7.89. The van der Waals surface area contributed by atoms with Gasteiger partial charge < -0.3 is 10.5 Å². The first-order chi connectivity index (χ1) is 9.45. The first-order valence-corrected chi connectivity index (χ1v) is 8.33. The van der Waals surface area contributed by atoms with E-state index in [2.05, 4.69) is 0 Å². The summed E-state index contributed by atoms with van der Waals surface area (Å²) < 4.78 is 32.4. The Balaban J connectivity index is 2.28. The third-order valence-corrected chi connectivity index (χ3v) is 5.75. The van der Waals surface area contributed by atoms with E-state index in [1.807, 2.05) is 6.92 Å². The van der Waals surface area contributed by atoms with Crippen LogP contribution in [-0.4, -0.2) is 39.0 Å². The molecule has 1 saturated heterocycles. The van der Waals surface area contributed by atoms with Crippen molar-refractivity contribution in [2.75, 3.05) is 32.0 Å². The molecule has 0 spiro atoms.